The highest BCUT2D eigenvalue weighted by molar-refractivity contribution is 7.99. The molecule has 22 heavy (non-hydrogen) atoms. The Kier molecular flexibility index (Phi) is 6.18. The van der Waals surface area contributed by atoms with Crippen molar-refractivity contribution >= 4 is 11.8 Å². The summed E-state index contributed by atoms with van der Waals surface area (Å²) in [6, 6.07) is 9.80. The topological polar surface area (TPSA) is 64.2 Å². The summed E-state index contributed by atoms with van der Waals surface area (Å²) < 4.78 is 10.6. The van der Waals surface area contributed by atoms with Crippen molar-refractivity contribution in [2.45, 2.75) is 24.8 Å². The number of nitrogens with one attached hydrogen (secondary N) is 1. The van der Waals surface area contributed by atoms with Crippen molar-refractivity contribution < 1.29 is 9.47 Å². The first kappa shape index (κ1) is 16.7. The molecular formula is C16H20N2O3S. The molecule has 0 aliphatic heterocycles. The van der Waals surface area contributed by atoms with Crippen LogP contribution in [0.3, 0.4) is 0 Å². The second kappa shape index (κ2) is 8.12. The number of aromatic amines is 1. The molecule has 0 aliphatic carbocycles. The van der Waals surface area contributed by atoms with Gasteiger partial charge in [0.1, 0.15) is 5.69 Å². The molecular weight excluding hydrogens is 300 g/mol. The molecule has 1 heterocycles. The first-order chi connectivity index (χ1) is 10.7. The van der Waals surface area contributed by atoms with Crippen LogP contribution in [0.5, 0.6) is 0 Å². The van der Waals surface area contributed by atoms with Crippen molar-refractivity contribution in [3.63, 3.8) is 0 Å². The summed E-state index contributed by atoms with van der Waals surface area (Å²) >= 11 is 1.48. The van der Waals surface area contributed by atoms with E-state index in [-0.39, 0.29) is 5.56 Å². The number of aromatic nitrogens is 2. The fourth-order valence-corrected chi connectivity index (χ4v) is 2.79. The molecule has 0 amide bonds. The molecule has 1 N–H and O–H groups in total. The molecule has 1 aromatic heterocycles. The van der Waals surface area contributed by atoms with Gasteiger partial charge in [0.2, 0.25) is 6.29 Å². The molecule has 5 nitrogen and oxygen atoms in total. The van der Waals surface area contributed by atoms with Crippen molar-refractivity contribution in [3.05, 3.63) is 57.5 Å². The van der Waals surface area contributed by atoms with E-state index in [1.54, 1.807) is 0 Å². The summed E-state index contributed by atoms with van der Waals surface area (Å²) in [5.41, 5.74) is 2.00. The number of nitrogens with zero attached hydrogens (tertiary/aromatic N) is 1. The quantitative estimate of drug-likeness (QED) is 0.483. The maximum atomic E-state index is 12.5. The number of rotatable bonds is 7. The summed E-state index contributed by atoms with van der Waals surface area (Å²) in [6.07, 6.45) is -0.170. The van der Waals surface area contributed by atoms with E-state index < -0.39 is 6.29 Å². The van der Waals surface area contributed by atoms with E-state index in [0.717, 1.165) is 11.3 Å². The third kappa shape index (κ3) is 3.97. The molecule has 118 valence electrons. The van der Waals surface area contributed by atoms with E-state index in [4.69, 9.17) is 9.47 Å². The lowest BCUT2D eigenvalue weighted by atomic mass is 10.0. The van der Waals surface area contributed by atoms with Gasteiger partial charge in [0, 0.05) is 26.2 Å². The van der Waals surface area contributed by atoms with Gasteiger partial charge in [0.25, 0.3) is 5.56 Å². The normalized spacial score (nSPS) is 11.1. The fourth-order valence-electron chi connectivity index (χ4n) is 2.18. The Labute approximate surface area is 134 Å². The van der Waals surface area contributed by atoms with Gasteiger partial charge in [0.15, 0.2) is 5.16 Å². The SMILES string of the molecule is CCSc1nc(C(OC)OC)c(Cc2ccccc2)c(=O)[nH]1. The van der Waals surface area contributed by atoms with Gasteiger partial charge >= 0.3 is 0 Å². The molecule has 2 rings (SSSR count). The number of methoxy groups -OCH3 is 2. The van der Waals surface area contributed by atoms with Crippen molar-refractivity contribution in [2.75, 3.05) is 20.0 Å². The van der Waals surface area contributed by atoms with Crippen molar-refractivity contribution in [1.82, 2.24) is 9.97 Å². The van der Waals surface area contributed by atoms with Gasteiger partial charge in [-0.1, -0.05) is 49.0 Å². The van der Waals surface area contributed by atoms with Gasteiger partial charge < -0.3 is 14.5 Å². The molecule has 6 heteroatoms. The minimum atomic E-state index is -0.655. The molecule has 0 unspecified atom stereocenters. The Bertz CT molecular complexity index is 654. The minimum Gasteiger partial charge on any atom is -0.350 e. The molecule has 2 aromatic rings. The maximum Gasteiger partial charge on any atom is 0.255 e. The lowest BCUT2D eigenvalue weighted by Crippen LogP contribution is -2.22. The van der Waals surface area contributed by atoms with Crippen molar-refractivity contribution in [3.8, 4) is 0 Å². The fraction of sp³-hybridized carbons (Fsp3) is 0.375. The van der Waals surface area contributed by atoms with Crippen LogP contribution in [0.15, 0.2) is 40.3 Å². The molecule has 0 saturated carbocycles. The Balaban J connectivity index is 2.48. The van der Waals surface area contributed by atoms with Crippen LogP contribution in [-0.2, 0) is 15.9 Å². The van der Waals surface area contributed by atoms with Gasteiger partial charge in [-0.3, -0.25) is 4.79 Å². The number of thioether (sulfide) groups is 1. The standard InChI is InChI=1S/C16H20N2O3S/c1-4-22-16-17-13(15(20-2)21-3)12(14(19)18-16)10-11-8-6-5-7-9-11/h5-9,15H,4,10H2,1-3H3,(H,17,18,19). The average Bonchev–Trinajstić information content (AvgIpc) is 2.53. The lowest BCUT2D eigenvalue weighted by molar-refractivity contribution is -0.109. The summed E-state index contributed by atoms with van der Waals surface area (Å²) in [5.74, 6) is 0.824. The van der Waals surface area contributed by atoms with Crippen LogP contribution in [0.1, 0.15) is 30.0 Å². The van der Waals surface area contributed by atoms with Crippen LogP contribution < -0.4 is 5.56 Å². The van der Waals surface area contributed by atoms with Gasteiger partial charge in [-0.25, -0.2) is 4.98 Å². The van der Waals surface area contributed by atoms with Gasteiger partial charge in [-0.15, -0.1) is 0 Å². The summed E-state index contributed by atoms with van der Waals surface area (Å²) in [4.78, 5) is 19.8. The molecule has 0 saturated heterocycles. The zero-order valence-electron chi connectivity index (χ0n) is 13.0. The summed E-state index contributed by atoms with van der Waals surface area (Å²) in [7, 11) is 3.08. The Morgan fingerprint density at radius 3 is 2.50 bits per heavy atom. The number of ether oxygens (including phenoxy) is 2. The predicted octanol–water partition coefficient (Wildman–Crippen LogP) is 2.76. The van der Waals surface area contributed by atoms with Gasteiger partial charge in [-0.05, 0) is 11.3 Å². The maximum absolute atomic E-state index is 12.5. The Hall–Kier alpha value is -1.63. The number of hydrogen-bond acceptors (Lipinski definition) is 5. The van der Waals surface area contributed by atoms with Gasteiger partial charge in [0.05, 0.1) is 0 Å². The molecule has 0 spiro atoms. The largest absolute Gasteiger partial charge is 0.350 e. The van der Waals surface area contributed by atoms with E-state index in [2.05, 4.69) is 9.97 Å². The smallest absolute Gasteiger partial charge is 0.255 e. The van der Waals surface area contributed by atoms with E-state index in [1.807, 2.05) is 37.3 Å². The van der Waals surface area contributed by atoms with E-state index in [9.17, 15) is 4.79 Å². The molecule has 0 fully saturated rings. The number of benzene rings is 1. The minimum absolute atomic E-state index is 0.149. The van der Waals surface area contributed by atoms with Crippen LogP contribution >= 0.6 is 11.8 Å². The highest BCUT2D eigenvalue weighted by Crippen LogP contribution is 2.22. The van der Waals surface area contributed by atoms with Crippen LogP contribution in [0, 0.1) is 0 Å². The van der Waals surface area contributed by atoms with E-state index in [0.29, 0.717) is 22.8 Å². The third-order valence-corrected chi connectivity index (χ3v) is 3.94. The van der Waals surface area contributed by atoms with Crippen LogP contribution in [0.2, 0.25) is 0 Å². The number of hydrogen-bond donors (Lipinski definition) is 1. The first-order valence-corrected chi connectivity index (χ1v) is 8.03. The van der Waals surface area contributed by atoms with Crippen LogP contribution in [0.4, 0.5) is 0 Å². The van der Waals surface area contributed by atoms with Crippen LogP contribution in [0.25, 0.3) is 0 Å². The molecule has 1 aromatic carbocycles. The summed E-state index contributed by atoms with van der Waals surface area (Å²) in [6.45, 7) is 2.01. The summed E-state index contributed by atoms with van der Waals surface area (Å²) in [5, 5.41) is 0.582. The Morgan fingerprint density at radius 1 is 1.23 bits per heavy atom. The van der Waals surface area contributed by atoms with E-state index >= 15 is 0 Å². The molecule has 0 atom stereocenters. The van der Waals surface area contributed by atoms with Crippen molar-refractivity contribution in [1.29, 1.82) is 0 Å². The highest BCUT2D eigenvalue weighted by Gasteiger charge is 2.20. The van der Waals surface area contributed by atoms with Gasteiger partial charge in [-0.2, -0.15) is 0 Å². The lowest BCUT2D eigenvalue weighted by Gasteiger charge is -2.17. The predicted molar refractivity (Wildman–Crippen MR) is 87.3 cm³/mol. The monoisotopic (exact) mass is 320 g/mol. The second-order valence-electron chi connectivity index (χ2n) is 4.63. The first-order valence-electron chi connectivity index (χ1n) is 7.05. The van der Waals surface area contributed by atoms with E-state index in [1.165, 1.54) is 26.0 Å². The molecule has 0 bridgehead atoms. The Morgan fingerprint density at radius 2 is 1.91 bits per heavy atom. The second-order valence-corrected chi connectivity index (χ2v) is 5.89. The zero-order chi connectivity index (χ0) is 15.9. The molecule has 0 radical (unpaired) electrons. The van der Waals surface area contributed by atoms with Crippen molar-refractivity contribution in [2.24, 2.45) is 0 Å². The highest BCUT2D eigenvalue weighted by atomic mass is 32.2. The zero-order valence-corrected chi connectivity index (χ0v) is 13.8. The molecule has 0 aliphatic rings. The third-order valence-electron chi connectivity index (χ3n) is 3.18. The average molecular weight is 320 g/mol. The van der Waals surface area contributed by atoms with Crippen LogP contribution in [-0.4, -0.2) is 29.9 Å². The number of H-pyrrole nitrogens is 1.